The number of furan rings is 1. The van der Waals surface area contributed by atoms with Gasteiger partial charge in [-0.3, -0.25) is 4.98 Å². The third-order valence-corrected chi connectivity index (χ3v) is 1.66. The topological polar surface area (TPSA) is 26.0 Å². The molecule has 0 aromatic carbocycles. The van der Waals surface area contributed by atoms with Crippen molar-refractivity contribution < 1.29 is 4.42 Å². The molecule has 60 valence electrons. The maximum Gasteiger partial charge on any atom is 0.152 e. The van der Waals surface area contributed by atoms with E-state index in [2.05, 4.69) is 4.98 Å². The number of rotatable bonds is 1. The van der Waals surface area contributed by atoms with Crippen LogP contribution in [0.3, 0.4) is 0 Å². The molecule has 0 amide bonds. The lowest BCUT2D eigenvalue weighted by molar-refractivity contribution is 0.546. The van der Waals surface area contributed by atoms with E-state index in [1.807, 2.05) is 37.3 Å². The van der Waals surface area contributed by atoms with Gasteiger partial charge in [0.05, 0.1) is 0 Å². The lowest BCUT2D eigenvalue weighted by Crippen LogP contribution is -1.76. The molecular weight excluding hydrogens is 150 g/mol. The third-order valence-electron chi connectivity index (χ3n) is 1.66. The summed E-state index contributed by atoms with van der Waals surface area (Å²) in [6.07, 6.45) is 1.76. The molecule has 0 spiro atoms. The van der Waals surface area contributed by atoms with Gasteiger partial charge in [0.2, 0.25) is 0 Å². The molecule has 0 N–H and O–H groups in total. The van der Waals surface area contributed by atoms with Gasteiger partial charge in [0.15, 0.2) is 5.76 Å². The van der Waals surface area contributed by atoms with Crippen molar-refractivity contribution in [1.29, 1.82) is 0 Å². The second-order valence-electron chi connectivity index (χ2n) is 2.63. The maximum atomic E-state index is 5.41. The Morgan fingerprint density at radius 3 is 2.67 bits per heavy atom. The zero-order valence-electron chi connectivity index (χ0n) is 6.82. The quantitative estimate of drug-likeness (QED) is 0.639. The van der Waals surface area contributed by atoms with E-state index in [4.69, 9.17) is 4.42 Å². The minimum Gasteiger partial charge on any atom is -0.460 e. The van der Waals surface area contributed by atoms with Gasteiger partial charge in [0, 0.05) is 6.20 Å². The Kier molecular flexibility index (Phi) is 1.67. The lowest BCUT2D eigenvalue weighted by atomic mass is 10.3. The zero-order valence-corrected chi connectivity index (χ0v) is 6.82. The van der Waals surface area contributed by atoms with Crippen LogP contribution in [0.2, 0.25) is 0 Å². The second-order valence-corrected chi connectivity index (χ2v) is 2.63. The van der Waals surface area contributed by atoms with Gasteiger partial charge >= 0.3 is 0 Å². The Bertz CT molecular complexity index is 364. The average molecular weight is 159 g/mol. The van der Waals surface area contributed by atoms with E-state index >= 15 is 0 Å². The Hall–Kier alpha value is -1.57. The van der Waals surface area contributed by atoms with E-state index in [-0.39, 0.29) is 0 Å². The first kappa shape index (κ1) is 7.10. The first-order chi connectivity index (χ1) is 5.86. The van der Waals surface area contributed by atoms with Crippen molar-refractivity contribution in [3.8, 4) is 11.5 Å². The summed E-state index contributed by atoms with van der Waals surface area (Å²) in [7, 11) is 0. The molecular formula is C10H9NO. The summed E-state index contributed by atoms with van der Waals surface area (Å²) < 4.78 is 5.41. The maximum absolute atomic E-state index is 5.41. The number of hydrogen-bond acceptors (Lipinski definition) is 2. The van der Waals surface area contributed by atoms with E-state index < -0.39 is 0 Å². The third kappa shape index (κ3) is 1.23. The summed E-state index contributed by atoms with van der Waals surface area (Å²) in [5.74, 6) is 1.74. The molecule has 0 aliphatic heterocycles. The summed E-state index contributed by atoms with van der Waals surface area (Å²) in [6.45, 7) is 1.92. The molecule has 2 heteroatoms. The van der Waals surface area contributed by atoms with Gasteiger partial charge < -0.3 is 4.42 Å². The van der Waals surface area contributed by atoms with Crippen LogP contribution in [0.4, 0.5) is 0 Å². The molecule has 2 heterocycles. The first-order valence-corrected chi connectivity index (χ1v) is 3.84. The Balaban J connectivity index is 2.45. The minimum atomic E-state index is 0.827. The molecule has 0 fully saturated rings. The SMILES string of the molecule is Cc1ccc(-c2ccccn2)o1. The number of aryl methyl sites for hydroxylation is 1. The monoisotopic (exact) mass is 159 g/mol. The predicted molar refractivity (Wildman–Crippen MR) is 46.7 cm³/mol. The summed E-state index contributed by atoms with van der Waals surface area (Å²) in [4.78, 5) is 4.17. The molecule has 2 nitrogen and oxygen atoms in total. The van der Waals surface area contributed by atoms with Crippen molar-refractivity contribution in [2.75, 3.05) is 0 Å². The van der Waals surface area contributed by atoms with Gasteiger partial charge in [-0.1, -0.05) is 6.07 Å². The van der Waals surface area contributed by atoms with Crippen LogP contribution >= 0.6 is 0 Å². The molecule has 2 aromatic heterocycles. The second kappa shape index (κ2) is 2.81. The lowest BCUT2D eigenvalue weighted by Gasteiger charge is -1.92. The van der Waals surface area contributed by atoms with Crippen molar-refractivity contribution in [2.24, 2.45) is 0 Å². The molecule has 0 aliphatic rings. The molecule has 0 unspecified atom stereocenters. The Labute approximate surface area is 70.9 Å². The van der Waals surface area contributed by atoms with Crippen LogP contribution in [0.1, 0.15) is 5.76 Å². The number of pyridine rings is 1. The van der Waals surface area contributed by atoms with E-state index in [1.54, 1.807) is 6.20 Å². The minimum absolute atomic E-state index is 0.827. The molecule has 0 bridgehead atoms. The van der Waals surface area contributed by atoms with Gasteiger partial charge in [-0.2, -0.15) is 0 Å². The summed E-state index contributed by atoms with van der Waals surface area (Å²) in [5.41, 5.74) is 0.880. The van der Waals surface area contributed by atoms with Gasteiger partial charge in [0.1, 0.15) is 11.5 Å². The van der Waals surface area contributed by atoms with Crippen LogP contribution < -0.4 is 0 Å². The number of nitrogens with zero attached hydrogens (tertiary/aromatic N) is 1. The fourth-order valence-corrected chi connectivity index (χ4v) is 1.08. The van der Waals surface area contributed by atoms with Crippen LogP contribution in [0.5, 0.6) is 0 Å². The molecule has 12 heavy (non-hydrogen) atoms. The van der Waals surface area contributed by atoms with E-state index in [1.165, 1.54) is 0 Å². The van der Waals surface area contributed by atoms with Crippen LogP contribution in [0, 0.1) is 6.92 Å². The fraction of sp³-hybridized carbons (Fsp3) is 0.100. The highest BCUT2D eigenvalue weighted by Gasteiger charge is 2.00. The fourth-order valence-electron chi connectivity index (χ4n) is 1.08. The van der Waals surface area contributed by atoms with Gasteiger partial charge in [-0.25, -0.2) is 0 Å². The molecule has 0 radical (unpaired) electrons. The van der Waals surface area contributed by atoms with Crippen LogP contribution in [0.25, 0.3) is 11.5 Å². The van der Waals surface area contributed by atoms with Crippen molar-refractivity contribution in [1.82, 2.24) is 4.98 Å². The summed E-state index contributed by atoms with van der Waals surface area (Å²) in [5, 5.41) is 0. The molecule has 0 saturated heterocycles. The smallest absolute Gasteiger partial charge is 0.152 e. The molecule has 2 aromatic rings. The summed E-state index contributed by atoms with van der Waals surface area (Å²) in [6, 6.07) is 9.62. The number of hydrogen-bond donors (Lipinski definition) is 0. The molecule has 0 aliphatic carbocycles. The highest BCUT2D eigenvalue weighted by Crippen LogP contribution is 2.18. The molecule has 0 atom stereocenters. The van der Waals surface area contributed by atoms with Gasteiger partial charge in [-0.05, 0) is 31.2 Å². The Morgan fingerprint density at radius 2 is 2.08 bits per heavy atom. The van der Waals surface area contributed by atoms with E-state index in [0.717, 1.165) is 17.2 Å². The predicted octanol–water partition coefficient (Wildman–Crippen LogP) is 2.65. The van der Waals surface area contributed by atoms with E-state index in [9.17, 15) is 0 Å². The summed E-state index contributed by atoms with van der Waals surface area (Å²) >= 11 is 0. The van der Waals surface area contributed by atoms with Gasteiger partial charge in [-0.15, -0.1) is 0 Å². The Morgan fingerprint density at radius 1 is 1.17 bits per heavy atom. The average Bonchev–Trinajstić information content (AvgIpc) is 2.54. The van der Waals surface area contributed by atoms with Gasteiger partial charge in [0.25, 0.3) is 0 Å². The van der Waals surface area contributed by atoms with Crippen LogP contribution in [-0.2, 0) is 0 Å². The molecule has 2 rings (SSSR count). The van der Waals surface area contributed by atoms with Crippen LogP contribution in [0.15, 0.2) is 40.9 Å². The van der Waals surface area contributed by atoms with E-state index in [0.29, 0.717) is 0 Å². The van der Waals surface area contributed by atoms with Crippen molar-refractivity contribution in [3.05, 3.63) is 42.3 Å². The number of aromatic nitrogens is 1. The standard InChI is InChI=1S/C10H9NO/c1-8-5-6-10(12-8)9-4-2-3-7-11-9/h2-7H,1H3. The highest BCUT2D eigenvalue weighted by molar-refractivity contribution is 5.51. The highest BCUT2D eigenvalue weighted by atomic mass is 16.3. The normalized spacial score (nSPS) is 10.1. The van der Waals surface area contributed by atoms with Crippen molar-refractivity contribution in [3.63, 3.8) is 0 Å². The largest absolute Gasteiger partial charge is 0.460 e. The van der Waals surface area contributed by atoms with Crippen molar-refractivity contribution in [2.45, 2.75) is 6.92 Å². The van der Waals surface area contributed by atoms with Crippen molar-refractivity contribution >= 4 is 0 Å². The zero-order chi connectivity index (χ0) is 8.39. The van der Waals surface area contributed by atoms with Crippen LogP contribution in [-0.4, -0.2) is 4.98 Å². The first-order valence-electron chi connectivity index (χ1n) is 3.84. The molecule has 0 saturated carbocycles.